The number of hydrogen-bond donors (Lipinski definition) is 1. The van der Waals surface area contributed by atoms with Gasteiger partial charge in [0.1, 0.15) is 5.60 Å². The maximum absolute atomic E-state index is 5.19. The van der Waals surface area contributed by atoms with Crippen molar-refractivity contribution in [3.05, 3.63) is 29.6 Å². The Morgan fingerprint density at radius 1 is 1.50 bits per heavy atom. The predicted molar refractivity (Wildman–Crippen MR) is 47.3 cm³/mol. The number of nitrogens with zero attached hydrogens (tertiary/aromatic N) is 1. The zero-order valence-corrected chi connectivity index (χ0v) is 7.66. The van der Waals surface area contributed by atoms with Gasteiger partial charge in [0.2, 0.25) is 0 Å². The summed E-state index contributed by atoms with van der Waals surface area (Å²) in [6.45, 7) is 5.84. The van der Waals surface area contributed by atoms with Crippen molar-refractivity contribution in [2.24, 2.45) is 5.90 Å². The summed E-state index contributed by atoms with van der Waals surface area (Å²) in [4.78, 5) is 8.87. The summed E-state index contributed by atoms with van der Waals surface area (Å²) in [5.41, 5.74) is 1.72. The van der Waals surface area contributed by atoms with E-state index in [2.05, 4.69) is 4.98 Å². The van der Waals surface area contributed by atoms with Crippen LogP contribution in [0.4, 0.5) is 0 Å². The summed E-state index contributed by atoms with van der Waals surface area (Å²) >= 11 is 0. The molecule has 2 N–H and O–H groups in total. The third-order valence-electron chi connectivity index (χ3n) is 1.96. The van der Waals surface area contributed by atoms with Gasteiger partial charge >= 0.3 is 0 Å². The first-order chi connectivity index (χ1) is 5.58. The van der Waals surface area contributed by atoms with Gasteiger partial charge in [0.05, 0.1) is 0 Å². The zero-order chi connectivity index (χ0) is 9.19. The third-order valence-corrected chi connectivity index (χ3v) is 1.96. The van der Waals surface area contributed by atoms with Crippen LogP contribution in [-0.2, 0) is 10.4 Å². The molecule has 1 heterocycles. The van der Waals surface area contributed by atoms with E-state index in [1.807, 2.05) is 26.8 Å². The Morgan fingerprint density at radius 3 is 2.67 bits per heavy atom. The molecule has 0 aromatic carbocycles. The smallest absolute Gasteiger partial charge is 0.109 e. The van der Waals surface area contributed by atoms with Crippen molar-refractivity contribution < 1.29 is 4.84 Å². The van der Waals surface area contributed by atoms with Crippen LogP contribution in [0.2, 0.25) is 0 Å². The Kier molecular flexibility index (Phi) is 2.45. The van der Waals surface area contributed by atoms with Crippen molar-refractivity contribution >= 4 is 0 Å². The van der Waals surface area contributed by atoms with Gasteiger partial charge < -0.3 is 0 Å². The zero-order valence-electron chi connectivity index (χ0n) is 7.66. The van der Waals surface area contributed by atoms with Crippen LogP contribution in [0.3, 0.4) is 0 Å². The van der Waals surface area contributed by atoms with E-state index in [0.717, 1.165) is 11.1 Å². The fraction of sp³-hybridized carbons (Fsp3) is 0.444. The Hall–Kier alpha value is -0.930. The van der Waals surface area contributed by atoms with E-state index in [4.69, 9.17) is 10.7 Å². The summed E-state index contributed by atoms with van der Waals surface area (Å²) in [6.07, 6.45) is 3.54. The second kappa shape index (κ2) is 3.21. The minimum Gasteiger partial charge on any atom is -0.294 e. The van der Waals surface area contributed by atoms with Gasteiger partial charge in [-0.15, -0.1) is 0 Å². The minimum atomic E-state index is -0.437. The lowest BCUT2D eigenvalue weighted by Gasteiger charge is -2.23. The molecule has 0 unspecified atom stereocenters. The van der Waals surface area contributed by atoms with Crippen LogP contribution in [0.25, 0.3) is 0 Å². The summed E-state index contributed by atoms with van der Waals surface area (Å²) < 4.78 is 0. The quantitative estimate of drug-likeness (QED) is 0.677. The van der Waals surface area contributed by atoms with Gasteiger partial charge in [0.25, 0.3) is 0 Å². The maximum Gasteiger partial charge on any atom is 0.109 e. The Morgan fingerprint density at radius 2 is 2.17 bits per heavy atom. The molecule has 1 aromatic rings. The second-order valence-electron chi connectivity index (χ2n) is 3.32. The number of aromatic nitrogens is 1. The van der Waals surface area contributed by atoms with Crippen LogP contribution in [0.1, 0.15) is 25.0 Å². The predicted octanol–water partition coefficient (Wildman–Crippen LogP) is 1.52. The molecule has 66 valence electrons. The normalized spacial score (nSPS) is 11.7. The van der Waals surface area contributed by atoms with Gasteiger partial charge in [-0.05, 0) is 38.0 Å². The molecule has 0 radical (unpaired) electrons. The van der Waals surface area contributed by atoms with Gasteiger partial charge in [-0.2, -0.15) is 0 Å². The first-order valence-corrected chi connectivity index (χ1v) is 3.87. The van der Waals surface area contributed by atoms with E-state index in [1.54, 1.807) is 12.4 Å². The number of pyridine rings is 1. The summed E-state index contributed by atoms with van der Waals surface area (Å²) in [7, 11) is 0. The molecule has 3 nitrogen and oxygen atoms in total. The fourth-order valence-corrected chi connectivity index (χ4v) is 1.21. The lowest BCUT2D eigenvalue weighted by Crippen LogP contribution is -2.26. The Bertz CT molecular complexity index is 271. The molecule has 0 aliphatic heterocycles. The maximum atomic E-state index is 5.19. The molecule has 12 heavy (non-hydrogen) atoms. The van der Waals surface area contributed by atoms with Gasteiger partial charge in [0, 0.05) is 12.4 Å². The highest BCUT2D eigenvalue weighted by Gasteiger charge is 2.21. The van der Waals surface area contributed by atoms with E-state index < -0.39 is 5.60 Å². The summed E-state index contributed by atoms with van der Waals surface area (Å²) in [5, 5.41) is 0. The molecule has 0 aliphatic carbocycles. The first-order valence-electron chi connectivity index (χ1n) is 3.87. The van der Waals surface area contributed by atoms with Crippen LogP contribution in [-0.4, -0.2) is 4.98 Å². The Labute approximate surface area is 72.5 Å². The number of nitrogens with two attached hydrogens (primary N) is 1. The molecule has 3 heteroatoms. The molecule has 0 spiro atoms. The minimum absolute atomic E-state index is 0.437. The highest BCUT2D eigenvalue weighted by Crippen LogP contribution is 2.24. The van der Waals surface area contributed by atoms with Crippen LogP contribution in [0, 0.1) is 6.92 Å². The first kappa shape index (κ1) is 9.16. The SMILES string of the molecule is Cc1cnccc1C(C)(C)ON. The number of hydrogen-bond acceptors (Lipinski definition) is 3. The van der Waals surface area contributed by atoms with Crippen molar-refractivity contribution in [2.45, 2.75) is 26.4 Å². The summed E-state index contributed by atoms with van der Waals surface area (Å²) in [6, 6.07) is 1.92. The van der Waals surface area contributed by atoms with E-state index in [0.29, 0.717) is 0 Å². The lowest BCUT2D eigenvalue weighted by atomic mass is 9.96. The van der Waals surface area contributed by atoms with Crippen LogP contribution < -0.4 is 5.90 Å². The number of aryl methyl sites for hydroxylation is 1. The molecule has 0 amide bonds. The average Bonchev–Trinajstić information content (AvgIpc) is 2.05. The fourth-order valence-electron chi connectivity index (χ4n) is 1.21. The Balaban J connectivity index is 3.10. The van der Waals surface area contributed by atoms with E-state index in [1.165, 1.54) is 0 Å². The summed E-state index contributed by atoms with van der Waals surface area (Å²) in [5.74, 6) is 5.19. The topological polar surface area (TPSA) is 48.1 Å². The molecule has 0 bridgehead atoms. The lowest BCUT2D eigenvalue weighted by molar-refractivity contribution is -0.0241. The van der Waals surface area contributed by atoms with E-state index in [9.17, 15) is 0 Å². The third kappa shape index (κ3) is 1.62. The molecule has 0 atom stereocenters. The van der Waals surface area contributed by atoms with Crippen molar-refractivity contribution in [3.8, 4) is 0 Å². The van der Waals surface area contributed by atoms with Gasteiger partial charge in [-0.1, -0.05) is 0 Å². The number of rotatable bonds is 2. The molecule has 0 saturated heterocycles. The van der Waals surface area contributed by atoms with Crippen LogP contribution in [0.5, 0.6) is 0 Å². The molecular formula is C9H14N2O. The van der Waals surface area contributed by atoms with Crippen molar-refractivity contribution in [2.75, 3.05) is 0 Å². The molecule has 0 aliphatic rings. The molecule has 1 rings (SSSR count). The van der Waals surface area contributed by atoms with Gasteiger partial charge in [0.15, 0.2) is 0 Å². The molecule has 0 fully saturated rings. The van der Waals surface area contributed by atoms with Crippen molar-refractivity contribution in [1.29, 1.82) is 0 Å². The van der Waals surface area contributed by atoms with Gasteiger partial charge in [-0.3, -0.25) is 9.82 Å². The largest absolute Gasteiger partial charge is 0.294 e. The molecule has 0 saturated carbocycles. The van der Waals surface area contributed by atoms with E-state index >= 15 is 0 Å². The highest BCUT2D eigenvalue weighted by molar-refractivity contribution is 5.26. The standard InChI is InChI=1S/C9H14N2O/c1-7-6-11-5-4-8(7)9(2,3)12-10/h4-6H,10H2,1-3H3. The average molecular weight is 166 g/mol. The molecule has 1 aromatic heterocycles. The molecular weight excluding hydrogens is 152 g/mol. The monoisotopic (exact) mass is 166 g/mol. The van der Waals surface area contributed by atoms with Crippen LogP contribution >= 0.6 is 0 Å². The highest BCUT2D eigenvalue weighted by atomic mass is 16.6. The van der Waals surface area contributed by atoms with Gasteiger partial charge in [-0.25, -0.2) is 5.90 Å². The second-order valence-corrected chi connectivity index (χ2v) is 3.32. The van der Waals surface area contributed by atoms with Crippen molar-refractivity contribution in [1.82, 2.24) is 4.98 Å². The van der Waals surface area contributed by atoms with E-state index in [-0.39, 0.29) is 0 Å². The van der Waals surface area contributed by atoms with Crippen LogP contribution in [0.15, 0.2) is 18.5 Å². The van der Waals surface area contributed by atoms with Crippen molar-refractivity contribution in [3.63, 3.8) is 0 Å².